The van der Waals surface area contributed by atoms with E-state index in [0.717, 1.165) is 77.0 Å². The van der Waals surface area contributed by atoms with Crippen LogP contribution in [0, 0.1) is 0 Å². The van der Waals surface area contributed by atoms with E-state index in [2.05, 4.69) is 50.4 Å². The summed E-state index contributed by atoms with van der Waals surface area (Å²) in [6, 6.07) is -1.02. The highest BCUT2D eigenvalue weighted by molar-refractivity contribution is 5.80. The molecule has 6 N–H and O–H groups in total. The molecule has 1 aliphatic rings. The van der Waals surface area contributed by atoms with Gasteiger partial charge in [0.05, 0.1) is 25.4 Å². The predicted octanol–water partition coefficient (Wildman–Crippen LogP) is 18.2. The topological polar surface area (TPSA) is 175 Å². The molecule has 83 heavy (non-hydrogen) atoms. The number of allylic oxidation sites excluding steroid dienone is 5. The van der Waals surface area contributed by atoms with Crippen LogP contribution in [0.5, 0.6) is 0 Å². The lowest BCUT2D eigenvalue weighted by atomic mass is 9.99. The van der Waals surface area contributed by atoms with E-state index in [1.54, 1.807) is 6.08 Å². The SMILES string of the molecule is CCCCC/C=C\C/C=C\CCCCCCCCCC(=O)OC1C(OCC(NC(=O)C(O)CCCCCCCCCCCCCCCCCCCCCCCCCCCC)C(O)/C=C/CCCCCCCCCCC)OC(CO)C(O)C1O. The number of nitrogens with one attached hydrogen (secondary N) is 1. The normalized spacial score (nSPS) is 18.7. The average Bonchev–Trinajstić information content (AvgIpc) is 3.69. The molecule has 488 valence electrons. The van der Waals surface area contributed by atoms with Gasteiger partial charge in [-0.05, 0) is 57.8 Å². The Morgan fingerprint density at radius 1 is 0.470 bits per heavy atom. The second-order valence-corrected chi connectivity index (χ2v) is 25.0. The van der Waals surface area contributed by atoms with Crippen molar-refractivity contribution in [3.05, 3.63) is 36.5 Å². The largest absolute Gasteiger partial charge is 0.454 e. The van der Waals surface area contributed by atoms with Crippen LogP contribution in [0.3, 0.4) is 0 Å². The third-order valence-corrected chi connectivity index (χ3v) is 17.0. The summed E-state index contributed by atoms with van der Waals surface area (Å²) < 4.78 is 17.7. The number of hydrogen-bond donors (Lipinski definition) is 6. The van der Waals surface area contributed by atoms with Gasteiger partial charge in [-0.1, -0.05) is 320 Å². The fourth-order valence-corrected chi connectivity index (χ4v) is 11.4. The summed E-state index contributed by atoms with van der Waals surface area (Å²) in [7, 11) is 0. The summed E-state index contributed by atoms with van der Waals surface area (Å²) in [6.07, 6.45) is 63.4. The first kappa shape index (κ1) is 78.9. The van der Waals surface area contributed by atoms with Crippen LogP contribution < -0.4 is 5.32 Å². The highest BCUT2D eigenvalue weighted by atomic mass is 16.7. The van der Waals surface area contributed by atoms with Crippen molar-refractivity contribution in [1.29, 1.82) is 0 Å². The maximum Gasteiger partial charge on any atom is 0.306 e. The number of unbranched alkanes of at least 4 members (excludes halogenated alkanes) is 44. The molecule has 0 aromatic rings. The molecule has 11 heteroatoms. The first-order chi connectivity index (χ1) is 40.7. The highest BCUT2D eigenvalue weighted by Gasteiger charge is 2.47. The van der Waals surface area contributed by atoms with Gasteiger partial charge in [0, 0.05) is 6.42 Å². The van der Waals surface area contributed by atoms with E-state index in [-0.39, 0.29) is 13.0 Å². The number of rotatable bonds is 62. The average molecular weight is 1170 g/mol. The lowest BCUT2D eigenvalue weighted by Gasteiger charge is -2.41. The molecule has 8 atom stereocenters. The van der Waals surface area contributed by atoms with E-state index in [1.807, 2.05) is 6.08 Å². The Morgan fingerprint density at radius 3 is 1.25 bits per heavy atom. The second kappa shape index (κ2) is 60.2. The smallest absolute Gasteiger partial charge is 0.306 e. The fourth-order valence-electron chi connectivity index (χ4n) is 11.4. The van der Waals surface area contributed by atoms with Gasteiger partial charge in [-0.25, -0.2) is 0 Å². The molecule has 11 nitrogen and oxygen atoms in total. The van der Waals surface area contributed by atoms with Crippen molar-refractivity contribution in [3.63, 3.8) is 0 Å². The lowest BCUT2D eigenvalue weighted by molar-refractivity contribution is -0.305. The van der Waals surface area contributed by atoms with Crippen LogP contribution in [0.15, 0.2) is 36.5 Å². The van der Waals surface area contributed by atoms with Gasteiger partial charge < -0.3 is 45.1 Å². The van der Waals surface area contributed by atoms with Gasteiger partial charge in [0.1, 0.15) is 24.4 Å². The molecule has 0 bridgehead atoms. The van der Waals surface area contributed by atoms with Crippen molar-refractivity contribution in [3.8, 4) is 0 Å². The number of carbonyl (C=O) groups is 2. The lowest BCUT2D eigenvalue weighted by Crippen LogP contribution is -2.61. The molecular formula is C72H135NO10. The Morgan fingerprint density at radius 2 is 0.831 bits per heavy atom. The summed E-state index contributed by atoms with van der Waals surface area (Å²) in [5.74, 6) is -1.19. The van der Waals surface area contributed by atoms with E-state index in [1.165, 1.54) is 225 Å². The van der Waals surface area contributed by atoms with Gasteiger partial charge in [0.2, 0.25) is 5.91 Å². The van der Waals surface area contributed by atoms with Crippen LogP contribution in [0.4, 0.5) is 0 Å². The van der Waals surface area contributed by atoms with Crippen LogP contribution in [-0.2, 0) is 23.8 Å². The fraction of sp³-hybridized carbons (Fsp3) is 0.889. The number of amides is 1. The summed E-state index contributed by atoms with van der Waals surface area (Å²) in [4.78, 5) is 26.6. The molecule has 0 saturated carbocycles. The Balaban J connectivity index is 2.52. The zero-order chi connectivity index (χ0) is 60.3. The maximum atomic E-state index is 13.5. The highest BCUT2D eigenvalue weighted by Crippen LogP contribution is 2.26. The Hall–Kier alpha value is -2.12. The van der Waals surface area contributed by atoms with Crippen LogP contribution >= 0.6 is 0 Å². The molecule has 0 aliphatic carbocycles. The molecule has 1 rings (SSSR count). The molecule has 1 fully saturated rings. The molecule has 1 saturated heterocycles. The van der Waals surface area contributed by atoms with Crippen molar-refractivity contribution in [2.45, 2.75) is 397 Å². The van der Waals surface area contributed by atoms with Crippen molar-refractivity contribution < 1.29 is 49.3 Å². The van der Waals surface area contributed by atoms with Crippen molar-refractivity contribution in [2.75, 3.05) is 13.2 Å². The van der Waals surface area contributed by atoms with Crippen LogP contribution in [0.2, 0.25) is 0 Å². The van der Waals surface area contributed by atoms with E-state index >= 15 is 0 Å². The second-order valence-electron chi connectivity index (χ2n) is 25.0. The van der Waals surface area contributed by atoms with E-state index in [0.29, 0.717) is 19.3 Å². The minimum absolute atomic E-state index is 0.117. The number of esters is 1. The number of hydrogen-bond acceptors (Lipinski definition) is 10. The molecule has 1 amide bonds. The minimum atomic E-state index is -1.61. The van der Waals surface area contributed by atoms with Crippen LogP contribution in [0.25, 0.3) is 0 Å². The molecule has 1 aliphatic heterocycles. The third kappa shape index (κ3) is 47.6. The summed E-state index contributed by atoms with van der Waals surface area (Å²) in [6.45, 7) is 5.80. The Labute approximate surface area is 511 Å². The molecular weight excluding hydrogens is 1040 g/mol. The molecule has 0 spiro atoms. The monoisotopic (exact) mass is 1170 g/mol. The quantitative estimate of drug-likeness (QED) is 0.0195. The first-order valence-electron chi connectivity index (χ1n) is 35.8. The van der Waals surface area contributed by atoms with Crippen molar-refractivity contribution >= 4 is 11.9 Å². The molecule has 0 aromatic heterocycles. The molecule has 0 radical (unpaired) electrons. The molecule has 0 aromatic carbocycles. The van der Waals surface area contributed by atoms with Crippen LogP contribution in [-0.4, -0.2) is 99.6 Å². The minimum Gasteiger partial charge on any atom is -0.454 e. The zero-order valence-corrected chi connectivity index (χ0v) is 54.3. The van der Waals surface area contributed by atoms with Crippen molar-refractivity contribution in [1.82, 2.24) is 5.32 Å². The summed E-state index contributed by atoms with van der Waals surface area (Å²) >= 11 is 0. The van der Waals surface area contributed by atoms with Crippen molar-refractivity contribution in [2.24, 2.45) is 0 Å². The van der Waals surface area contributed by atoms with E-state index in [4.69, 9.17) is 14.2 Å². The van der Waals surface area contributed by atoms with Gasteiger partial charge in [-0.15, -0.1) is 0 Å². The van der Waals surface area contributed by atoms with Gasteiger partial charge in [-0.2, -0.15) is 0 Å². The Kier molecular flexibility index (Phi) is 57.2. The number of carbonyl (C=O) groups excluding carboxylic acids is 2. The molecule has 1 heterocycles. The third-order valence-electron chi connectivity index (χ3n) is 17.0. The number of aliphatic hydroxyl groups is 5. The number of ether oxygens (including phenoxy) is 3. The molecule has 8 unspecified atom stereocenters. The van der Waals surface area contributed by atoms with E-state index < -0.39 is 67.4 Å². The number of aliphatic hydroxyl groups excluding tert-OH is 5. The predicted molar refractivity (Wildman–Crippen MR) is 347 cm³/mol. The van der Waals surface area contributed by atoms with Gasteiger partial charge in [-0.3, -0.25) is 9.59 Å². The summed E-state index contributed by atoms with van der Waals surface area (Å²) in [5, 5.41) is 57.2. The van der Waals surface area contributed by atoms with Gasteiger partial charge >= 0.3 is 5.97 Å². The van der Waals surface area contributed by atoms with Crippen LogP contribution in [0.1, 0.15) is 348 Å². The maximum absolute atomic E-state index is 13.5. The summed E-state index contributed by atoms with van der Waals surface area (Å²) in [5.41, 5.74) is 0. The Bertz CT molecular complexity index is 1490. The van der Waals surface area contributed by atoms with Gasteiger partial charge in [0.15, 0.2) is 12.4 Å². The standard InChI is InChI=1S/C72H135NO10/c1-4-7-10-13-16-19-22-24-26-28-29-30-31-32-33-34-35-36-38-39-41-44-47-50-53-56-59-65(76)71(80)73-63(64(75)58-55-52-49-46-43-21-18-15-12-9-6-3)62-81-72-70(69(79)68(78)66(61-74)82-72)83-67(77)60-57-54-51-48-45-42-40-37-27-25-23-20-17-14-11-8-5-2/h17,20,25,27,55,58,63-66,68-70,72,74-76,78-79H,4-16,18-19,21-24,26,28-54,56-57,59-62H2,1-3H3,(H,73,80)/b20-17-,27-25-,58-55+. The van der Waals surface area contributed by atoms with E-state index in [9.17, 15) is 35.1 Å². The first-order valence-corrected chi connectivity index (χ1v) is 35.8. The zero-order valence-electron chi connectivity index (χ0n) is 54.3. The van der Waals surface area contributed by atoms with Gasteiger partial charge in [0.25, 0.3) is 0 Å².